The number of nitrogens with two attached hydrogens (primary N) is 1. The van der Waals surface area contributed by atoms with Crippen molar-refractivity contribution in [3.63, 3.8) is 0 Å². The summed E-state index contributed by atoms with van der Waals surface area (Å²) in [4.78, 5) is 16.4. The van der Waals surface area contributed by atoms with Gasteiger partial charge >= 0.3 is 6.03 Å². The van der Waals surface area contributed by atoms with Crippen molar-refractivity contribution in [2.75, 3.05) is 11.1 Å². The maximum atomic E-state index is 12.2. The number of rotatable bonds is 5. The van der Waals surface area contributed by atoms with Crippen LogP contribution >= 0.6 is 0 Å². The zero-order valence-electron chi connectivity index (χ0n) is 15.6. The fourth-order valence-corrected chi connectivity index (χ4v) is 2.69. The third-order valence-electron chi connectivity index (χ3n) is 4.16. The van der Waals surface area contributed by atoms with Crippen LogP contribution in [0.3, 0.4) is 0 Å². The van der Waals surface area contributed by atoms with E-state index in [2.05, 4.69) is 25.8 Å². The summed E-state index contributed by atoms with van der Waals surface area (Å²) in [5, 5.41) is 21.6. The Bertz CT molecular complexity index is 1000. The Morgan fingerprint density at radius 3 is 2.61 bits per heavy atom. The van der Waals surface area contributed by atoms with E-state index in [4.69, 9.17) is 11.1 Å². The van der Waals surface area contributed by atoms with E-state index in [0.29, 0.717) is 28.3 Å². The standard InChI is InChI=1S/C20H21N7O/c1-12-8-15(10-24-27-12)19(22)16-11-23-18(9-17(16)21)26-20(28)25-13(2)14-6-4-3-5-7-14/h3-11,13,22H,1-2H3,(H4,21,23,25,26,28)/t13-/m1/s1. The number of amides is 2. The molecule has 0 fully saturated rings. The zero-order chi connectivity index (χ0) is 20.1. The van der Waals surface area contributed by atoms with Gasteiger partial charge in [-0.05, 0) is 25.5 Å². The van der Waals surface area contributed by atoms with Crippen LogP contribution in [0.5, 0.6) is 0 Å². The van der Waals surface area contributed by atoms with Crippen molar-refractivity contribution in [3.8, 4) is 0 Å². The Kier molecular flexibility index (Phi) is 5.59. The maximum Gasteiger partial charge on any atom is 0.320 e. The van der Waals surface area contributed by atoms with Crippen LogP contribution in [0.4, 0.5) is 16.3 Å². The number of hydrogen-bond donors (Lipinski definition) is 4. The second-order valence-corrected chi connectivity index (χ2v) is 6.35. The molecule has 5 N–H and O–H groups in total. The van der Waals surface area contributed by atoms with Crippen LogP contribution in [0.25, 0.3) is 0 Å². The first kappa shape index (κ1) is 19.0. The molecular weight excluding hydrogens is 354 g/mol. The van der Waals surface area contributed by atoms with Gasteiger partial charge in [0.05, 0.1) is 23.6 Å². The van der Waals surface area contributed by atoms with Crippen molar-refractivity contribution in [3.05, 3.63) is 77.2 Å². The lowest BCUT2D eigenvalue weighted by Gasteiger charge is -2.15. The van der Waals surface area contributed by atoms with Gasteiger partial charge in [-0.25, -0.2) is 9.78 Å². The minimum atomic E-state index is -0.389. The summed E-state index contributed by atoms with van der Waals surface area (Å²) in [6, 6.07) is 12.4. The number of carbonyl (C=O) groups excluding carboxylic acids is 1. The van der Waals surface area contributed by atoms with Crippen LogP contribution in [0.2, 0.25) is 0 Å². The van der Waals surface area contributed by atoms with Gasteiger partial charge < -0.3 is 11.1 Å². The molecule has 142 valence electrons. The molecule has 0 aliphatic rings. The second-order valence-electron chi connectivity index (χ2n) is 6.35. The normalized spacial score (nSPS) is 11.5. The van der Waals surface area contributed by atoms with Crippen molar-refractivity contribution in [2.24, 2.45) is 0 Å². The first-order valence-corrected chi connectivity index (χ1v) is 8.70. The number of hydrogen-bond acceptors (Lipinski definition) is 6. The average Bonchev–Trinajstić information content (AvgIpc) is 2.68. The smallest absolute Gasteiger partial charge is 0.320 e. The molecule has 8 nitrogen and oxygen atoms in total. The molecule has 0 bridgehead atoms. The van der Waals surface area contributed by atoms with Crippen molar-refractivity contribution in [1.82, 2.24) is 20.5 Å². The second kappa shape index (κ2) is 8.26. The van der Waals surface area contributed by atoms with Crippen LogP contribution in [-0.4, -0.2) is 26.9 Å². The van der Waals surface area contributed by atoms with Gasteiger partial charge in [0.15, 0.2) is 0 Å². The molecule has 0 aliphatic heterocycles. The third kappa shape index (κ3) is 4.47. The number of urea groups is 1. The largest absolute Gasteiger partial charge is 0.398 e. The van der Waals surface area contributed by atoms with E-state index in [9.17, 15) is 4.79 Å². The highest BCUT2D eigenvalue weighted by Gasteiger charge is 2.13. The van der Waals surface area contributed by atoms with Gasteiger partial charge in [0, 0.05) is 29.1 Å². The summed E-state index contributed by atoms with van der Waals surface area (Å²) in [7, 11) is 0. The number of benzene rings is 1. The lowest BCUT2D eigenvalue weighted by molar-refractivity contribution is 0.249. The molecule has 0 saturated heterocycles. The highest BCUT2D eigenvalue weighted by atomic mass is 16.2. The molecule has 2 amide bonds. The number of aryl methyl sites for hydroxylation is 1. The molecule has 28 heavy (non-hydrogen) atoms. The molecule has 0 radical (unpaired) electrons. The Morgan fingerprint density at radius 2 is 1.93 bits per heavy atom. The first-order chi connectivity index (χ1) is 13.4. The van der Waals surface area contributed by atoms with Gasteiger partial charge in [-0.1, -0.05) is 30.3 Å². The molecule has 2 aromatic heterocycles. The van der Waals surface area contributed by atoms with Crippen LogP contribution in [0.15, 0.2) is 54.9 Å². The summed E-state index contributed by atoms with van der Waals surface area (Å²) in [6.45, 7) is 3.69. The topological polar surface area (TPSA) is 130 Å². The minimum Gasteiger partial charge on any atom is -0.398 e. The number of pyridine rings is 1. The third-order valence-corrected chi connectivity index (χ3v) is 4.16. The lowest BCUT2D eigenvalue weighted by Crippen LogP contribution is -2.31. The van der Waals surface area contributed by atoms with Gasteiger partial charge in [-0.2, -0.15) is 10.2 Å². The number of anilines is 2. The van der Waals surface area contributed by atoms with E-state index in [1.165, 1.54) is 18.5 Å². The first-order valence-electron chi connectivity index (χ1n) is 8.70. The van der Waals surface area contributed by atoms with Crippen molar-refractivity contribution in [2.45, 2.75) is 19.9 Å². The number of nitrogen functional groups attached to an aromatic ring is 1. The molecule has 0 spiro atoms. The van der Waals surface area contributed by atoms with Crippen molar-refractivity contribution >= 4 is 23.2 Å². The maximum absolute atomic E-state index is 12.2. The molecule has 1 aromatic carbocycles. The monoisotopic (exact) mass is 375 g/mol. The van der Waals surface area contributed by atoms with E-state index >= 15 is 0 Å². The fourth-order valence-electron chi connectivity index (χ4n) is 2.69. The highest BCUT2D eigenvalue weighted by Crippen LogP contribution is 2.19. The molecule has 3 aromatic rings. The Balaban J connectivity index is 1.68. The van der Waals surface area contributed by atoms with Gasteiger partial charge in [-0.3, -0.25) is 10.7 Å². The van der Waals surface area contributed by atoms with Gasteiger partial charge in [0.25, 0.3) is 0 Å². The predicted octanol–water partition coefficient (Wildman–Crippen LogP) is 3.06. The summed E-state index contributed by atoms with van der Waals surface area (Å²) in [6.07, 6.45) is 2.96. The predicted molar refractivity (Wildman–Crippen MR) is 108 cm³/mol. The molecule has 3 rings (SSSR count). The molecule has 8 heteroatoms. The van der Waals surface area contributed by atoms with E-state index in [-0.39, 0.29) is 17.8 Å². The molecule has 0 aliphatic carbocycles. The average molecular weight is 375 g/mol. The Labute approximate surface area is 162 Å². The van der Waals surface area contributed by atoms with Crippen LogP contribution < -0.4 is 16.4 Å². The highest BCUT2D eigenvalue weighted by molar-refractivity contribution is 6.13. The molecule has 0 unspecified atom stereocenters. The van der Waals surface area contributed by atoms with E-state index in [0.717, 1.165) is 5.56 Å². The minimum absolute atomic E-state index is 0.159. The van der Waals surface area contributed by atoms with Crippen LogP contribution in [0, 0.1) is 12.3 Å². The van der Waals surface area contributed by atoms with E-state index < -0.39 is 0 Å². The molecule has 1 atom stereocenters. The number of nitrogens with zero attached hydrogens (tertiary/aromatic N) is 3. The number of nitrogens with one attached hydrogen (secondary N) is 3. The molecule has 0 saturated carbocycles. The van der Waals surface area contributed by atoms with Gasteiger partial charge in [0.1, 0.15) is 5.82 Å². The Hall–Kier alpha value is -3.81. The Morgan fingerprint density at radius 1 is 1.18 bits per heavy atom. The number of carbonyl (C=O) groups is 1. The molecular formula is C20H21N7O. The summed E-state index contributed by atoms with van der Waals surface area (Å²) >= 11 is 0. The quantitative estimate of drug-likeness (QED) is 0.509. The SMILES string of the molecule is Cc1cc(C(=N)c2cnc(NC(=O)N[C@H](C)c3ccccc3)cc2N)cnn1. The number of aromatic nitrogens is 3. The van der Waals surface area contributed by atoms with E-state index in [1.54, 1.807) is 13.0 Å². The van der Waals surface area contributed by atoms with Gasteiger partial charge in [0.2, 0.25) is 0 Å². The van der Waals surface area contributed by atoms with Crippen LogP contribution in [-0.2, 0) is 0 Å². The van der Waals surface area contributed by atoms with E-state index in [1.807, 2.05) is 37.3 Å². The summed E-state index contributed by atoms with van der Waals surface area (Å²) in [5.74, 6) is 0.302. The van der Waals surface area contributed by atoms with Crippen molar-refractivity contribution < 1.29 is 4.79 Å². The molecule has 2 heterocycles. The van der Waals surface area contributed by atoms with Gasteiger partial charge in [-0.15, -0.1) is 0 Å². The fraction of sp³-hybridized carbons (Fsp3) is 0.150. The van der Waals surface area contributed by atoms with Crippen molar-refractivity contribution in [1.29, 1.82) is 5.41 Å². The lowest BCUT2D eigenvalue weighted by atomic mass is 10.0. The van der Waals surface area contributed by atoms with Crippen LogP contribution in [0.1, 0.15) is 35.3 Å². The summed E-state index contributed by atoms with van der Waals surface area (Å²) < 4.78 is 0. The zero-order valence-corrected chi connectivity index (χ0v) is 15.6. The summed E-state index contributed by atoms with van der Waals surface area (Å²) in [5.41, 5.74) is 9.35.